The smallest absolute Gasteiger partial charge is 0.303 e. The molecule has 0 heterocycles. The molecule has 4 nitrogen and oxygen atoms in total. The van der Waals surface area contributed by atoms with Gasteiger partial charge >= 0.3 is 5.97 Å². The van der Waals surface area contributed by atoms with E-state index in [-0.39, 0.29) is 17.9 Å². The van der Waals surface area contributed by atoms with Gasteiger partial charge in [0.05, 0.1) is 17.3 Å². The van der Waals surface area contributed by atoms with Crippen LogP contribution >= 0.6 is 0 Å². The van der Waals surface area contributed by atoms with Crippen molar-refractivity contribution in [2.45, 2.75) is 19.8 Å². The topological polar surface area (TPSA) is 73.1 Å². The minimum atomic E-state index is -0.827. The van der Waals surface area contributed by atoms with E-state index in [2.05, 4.69) is 5.32 Å². The number of nitrogens with zero attached hydrogens (tertiary/aromatic N) is 1. The summed E-state index contributed by atoms with van der Waals surface area (Å²) in [6.45, 7) is 2.40. The van der Waals surface area contributed by atoms with Crippen molar-refractivity contribution >= 4 is 11.7 Å². The number of halogens is 1. The monoisotopic (exact) mass is 250 g/mol. The van der Waals surface area contributed by atoms with E-state index in [0.29, 0.717) is 18.7 Å². The number of nitriles is 1. The molecule has 1 aromatic rings. The highest BCUT2D eigenvalue weighted by Crippen LogP contribution is 2.16. The fourth-order valence-corrected chi connectivity index (χ4v) is 1.48. The molecule has 0 aliphatic heterocycles. The Morgan fingerprint density at radius 1 is 1.61 bits per heavy atom. The number of aliphatic carboxylic acids is 1. The molecule has 0 aliphatic rings. The van der Waals surface area contributed by atoms with Gasteiger partial charge in [-0.1, -0.05) is 6.92 Å². The van der Waals surface area contributed by atoms with Gasteiger partial charge in [0.1, 0.15) is 5.82 Å². The predicted molar refractivity (Wildman–Crippen MR) is 65.6 cm³/mol. The zero-order valence-corrected chi connectivity index (χ0v) is 10.1. The number of carbonyl (C=O) groups is 1. The van der Waals surface area contributed by atoms with E-state index in [1.165, 1.54) is 18.2 Å². The van der Waals surface area contributed by atoms with Gasteiger partial charge in [-0.15, -0.1) is 0 Å². The first-order chi connectivity index (χ1) is 8.52. The van der Waals surface area contributed by atoms with Crippen LogP contribution in [0.15, 0.2) is 18.2 Å². The van der Waals surface area contributed by atoms with E-state index >= 15 is 0 Å². The Morgan fingerprint density at radius 3 is 2.89 bits per heavy atom. The van der Waals surface area contributed by atoms with E-state index in [0.717, 1.165) is 0 Å². The summed E-state index contributed by atoms with van der Waals surface area (Å²) >= 11 is 0. The van der Waals surface area contributed by atoms with E-state index in [9.17, 15) is 9.18 Å². The number of rotatable bonds is 6. The first kappa shape index (κ1) is 14.0. The standard InChI is InChI=1S/C13H15FN2O2/c1-9(2-5-13(17)18)8-16-12-4-3-10(7-15)6-11(12)14/h3-4,6,9,16H,2,5,8H2,1H3,(H,17,18). The molecule has 5 heteroatoms. The lowest BCUT2D eigenvalue weighted by atomic mass is 10.1. The summed E-state index contributed by atoms with van der Waals surface area (Å²) in [6.07, 6.45) is 0.652. The molecule has 0 amide bonds. The molecule has 0 aliphatic carbocycles. The summed E-state index contributed by atoms with van der Waals surface area (Å²) in [5.41, 5.74) is 0.605. The fraction of sp³-hybridized carbons (Fsp3) is 0.385. The van der Waals surface area contributed by atoms with Crippen LogP contribution in [0.3, 0.4) is 0 Å². The number of hydrogen-bond donors (Lipinski definition) is 2. The molecule has 0 saturated carbocycles. The first-order valence-electron chi connectivity index (χ1n) is 5.68. The van der Waals surface area contributed by atoms with Crippen LogP contribution in [0.1, 0.15) is 25.3 Å². The summed E-state index contributed by atoms with van der Waals surface area (Å²) in [5, 5.41) is 20.0. The van der Waals surface area contributed by atoms with Crippen molar-refractivity contribution in [3.05, 3.63) is 29.6 Å². The minimum absolute atomic E-state index is 0.110. The summed E-state index contributed by atoms with van der Waals surface area (Å²) in [6, 6.07) is 6.08. The van der Waals surface area contributed by atoms with E-state index in [1.807, 2.05) is 13.0 Å². The molecule has 0 fully saturated rings. The second-order valence-corrected chi connectivity index (χ2v) is 4.22. The van der Waals surface area contributed by atoms with Crippen LogP contribution in [0.2, 0.25) is 0 Å². The Balaban J connectivity index is 2.48. The molecule has 1 aromatic carbocycles. The lowest BCUT2D eigenvalue weighted by Gasteiger charge is -2.13. The zero-order chi connectivity index (χ0) is 13.5. The zero-order valence-electron chi connectivity index (χ0n) is 10.1. The molecule has 18 heavy (non-hydrogen) atoms. The molecular formula is C13H15FN2O2. The molecule has 1 atom stereocenters. The molecule has 1 unspecified atom stereocenters. The number of carboxylic acid groups (broad SMARTS) is 1. The molecule has 96 valence electrons. The van der Waals surface area contributed by atoms with Crippen molar-refractivity contribution in [3.8, 4) is 6.07 Å². The molecule has 0 aromatic heterocycles. The number of anilines is 1. The van der Waals surface area contributed by atoms with E-state index < -0.39 is 11.8 Å². The SMILES string of the molecule is CC(CCC(=O)O)CNc1ccc(C#N)cc1F. The van der Waals surface area contributed by atoms with E-state index in [4.69, 9.17) is 10.4 Å². The van der Waals surface area contributed by atoms with Gasteiger partial charge in [0.25, 0.3) is 0 Å². The van der Waals surface area contributed by atoms with Crippen LogP contribution in [0.5, 0.6) is 0 Å². The van der Waals surface area contributed by atoms with E-state index in [1.54, 1.807) is 0 Å². The minimum Gasteiger partial charge on any atom is -0.481 e. The predicted octanol–water partition coefficient (Wildman–Crippen LogP) is 2.61. The number of nitrogens with one attached hydrogen (secondary N) is 1. The fourth-order valence-electron chi connectivity index (χ4n) is 1.48. The van der Waals surface area contributed by atoms with Crippen LogP contribution in [-0.4, -0.2) is 17.6 Å². The maximum Gasteiger partial charge on any atom is 0.303 e. The molecular weight excluding hydrogens is 235 g/mol. The normalized spacial score (nSPS) is 11.6. The summed E-state index contributed by atoms with van der Waals surface area (Å²) < 4.78 is 13.5. The second kappa shape index (κ2) is 6.60. The lowest BCUT2D eigenvalue weighted by Crippen LogP contribution is -2.13. The Labute approximate surface area is 105 Å². The molecule has 0 bridgehead atoms. The van der Waals surface area contributed by atoms with Gasteiger partial charge in [0, 0.05) is 13.0 Å². The largest absolute Gasteiger partial charge is 0.481 e. The summed E-state index contributed by atoms with van der Waals surface area (Å²) in [4.78, 5) is 10.4. The molecule has 2 N–H and O–H groups in total. The third-order valence-electron chi connectivity index (χ3n) is 2.59. The summed E-state index contributed by atoms with van der Waals surface area (Å²) in [5.74, 6) is -1.16. The Hall–Kier alpha value is -2.09. The van der Waals surface area contributed by atoms with Gasteiger partial charge in [0.15, 0.2) is 0 Å². The van der Waals surface area contributed by atoms with Crippen LogP contribution in [-0.2, 0) is 4.79 Å². The summed E-state index contributed by atoms with van der Waals surface area (Å²) in [7, 11) is 0. The second-order valence-electron chi connectivity index (χ2n) is 4.22. The van der Waals surface area contributed by atoms with Crippen molar-refractivity contribution in [2.24, 2.45) is 5.92 Å². The van der Waals surface area contributed by atoms with Gasteiger partial charge < -0.3 is 10.4 Å². The average Bonchev–Trinajstić information content (AvgIpc) is 2.34. The van der Waals surface area contributed by atoms with Gasteiger partial charge in [-0.2, -0.15) is 5.26 Å². The highest BCUT2D eigenvalue weighted by molar-refractivity contribution is 5.66. The van der Waals surface area contributed by atoms with Gasteiger partial charge in [-0.05, 0) is 30.5 Å². The average molecular weight is 250 g/mol. The number of benzene rings is 1. The molecule has 0 saturated heterocycles. The Morgan fingerprint density at radius 2 is 2.33 bits per heavy atom. The van der Waals surface area contributed by atoms with Crippen LogP contribution in [0, 0.1) is 23.1 Å². The lowest BCUT2D eigenvalue weighted by molar-refractivity contribution is -0.137. The Kier molecular flexibility index (Phi) is 5.12. The third-order valence-corrected chi connectivity index (χ3v) is 2.59. The first-order valence-corrected chi connectivity index (χ1v) is 5.68. The van der Waals surface area contributed by atoms with Crippen molar-refractivity contribution in [1.29, 1.82) is 5.26 Å². The molecule has 1 rings (SSSR count). The van der Waals surface area contributed by atoms with Crippen LogP contribution < -0.4 is 5.32 Å². The van der Waals surface area contributed by atoms with Crippen molar-refractivity contribution in [1.82, 2.24) is 0 Å². The quantitative estimate of drug-likeness (QED) is 0.814. The van der Waals surface area contributed by atoms with Crippen LogP contribution in [0.4, 0.5) is 10.1 Å². The Bertz CT molecular complexity index is 469. The molecule has 0 radical (unpaired) electrons. The van der Waals surface area contributed by atoms with Crippen LogP contribution in [0.25, 0.3) is 0 Å². The molecule has 0 spiro atoms. The van der Waals surface area contributed by atoms with Crippen molar-refractivity contribution in [2.75, 3.05) is 11.9 Å². The highest BCUT2D eigenvalue weighted by atomic mass is 19.1. The highest BCUT2D eigenvalue weighted by Gasteiger charge is 2.07. The number of hydrogen-bond acceptors (Lipinski definition) is 3. The maximum atomic E-state index is 13.5. The van der Waals surface area contributed by atoms with Gasteiger partial charge in [-0.3, -0.25) is 4.79 Å². The number of carboxylic acids is 1. The van der Waals surface area contributed by atoms with Gasteiger partial charge in [0.2, 0.25) is 0 Å². The third kappa shape index (κ3) is 4.42. The van der Waals surface area contributed by atoms with Crippen molar-refractivity contribution < 1.29 is 14.3 Å². The van der Waals surface area contributed by atoms with Crippen molar-refractivity contribution in [3.63, 3.8) is 0 Å². The maximum absolute atomic E-state index is 13.5. The van der Waals surface area contributed by atoms with Gasteiger partial charge in [-0.25, -0.2) is 4.39 Å².